The predicted molar refractivity (Wildman–Crippen MR) is 46.4 cm³/mol. The van der Waals surface area contributed by atoms with E-state index in [-0.39, 0.29) is 0 Å². The number of nitrogens with two attached hydrogens (primary N) is 1. The molecular weight excluding hydrogens is 140 g/mol. The highest BCUT2D eigenvalue weighted by Crippen LogP contribution is 1.91. The molecule has 1 heterocycles. The van der Waals surface area contributed by atoms with Crippen molar-refractivity contribution >= 4 is 6.34 Å². The fourth-order valence-corrected chi connectivity index (χ4v) is 0.991. The Morgan fingerprint density at radius 3 is 3.18 bits per heavy atom. The largest absolute Gasteiger partial charge is 0.330 e. The Balaban J connectivity index is 2.05. The van der Waals surface area contributed by atoms with E-state index in [4.69, 9.17) is 5.73 Å². The van der Waals surface area contributed by atoms with Gasteiger partial charge in [-0.05, 0) is 19.4 Å². The van der Waals surface area contributed by atoms with E-state index < -0.39 is 0 Å². The summed E-state index contributed by atoms with van der Waals surface area (Å²) in [5, 5.41) is 2.03. The van der Waals surface area contributed by atoms with Crippen LogP contribution in [0.3, 0.4) is 0 Å². The number of aliphatic imine (C=N–C) groups is 1. The SMILES string of the molecule is NCCCNN1C=NCCC1. The maximum absolute atomic E-state index is 5.35. The van der Waals surface area contributed by atoms with Crippen LogP contribution in [0, 0.1) is 0 Å². The Morgan fingerprint density at radius 2 is 2.55 bits per heavy atom. The van der Waals surface area contributed by atoms with Crippen molar-refractivity contribution in [2.45, 2.75) is 12.8 Å². The maximum atomic E-state index is 5.35. The van der Waals surface area contributed by atoms with Gasteiger partial charge in [-0.3, -0.25) is 10.0 Å². The van der Waals surface area contributed by atoms with Crippen LogP contribution >= 0.6 is 0 Å². The Labute approximate surface area is 67.4 Å². The summed E-state index contributed by atoms with van der Waals surface area (Å²) in [5.41, 5.74) is 8.58. The van der Waals surface area contributed by atoms with E-state index in [1.54, 1.807) is 0 Å². The van der Waals surface area contributed by atoms with Gasteiger partial charge in [0.2, 0.25) is 0 Å². The predicted octanol–water partition coefficient (Wildman–Crippen LogP) is -0.426. The van der Waals surface area contributed by atoms with Gasteiger partial charge in [0.15, 0.2) is 0 Å². The van der Waals surface area contributed by atoms with Crippen molar-refractivity contribution < 1.29 is 0 Å². The lowest BCUT2D eigenvalue weighted by atomic mass is 10.4. The molecule has 0 amide bonds. The van der Waals surface area contributed by atoms with Crippen LogP contribution in [0.1, 0.15) is 12.8 Å². The average Bonchev–Trinajstić information content (AvgIpc) is 2.07. The smallest absolute Gasteiger partial charge is 0.0992 e. The second kappa shape index (κ2) is 5.09. The molecule has 4 nitrogen and oxygen atoms in total. The molecule has 11 heavy (non-hydrogen) atoms. The minimum Gasteiger partial charge on any atom is -0.330 e. The standard InChI is InChI=1S/C7H16N4/c8-3-1-5-10-11-6-2-4-9-7-11/h7,10H,1-6,8H2. The van der Waals surface area contributed by atoms with E-state index in [2.05, 4.69) is 10.4 Å². The second-order valence-electron chi connectivity index (χ2n) is 2.62. The molecule has 0 fully saturated rings. The van der Waals surface area contributed by atoms with Crippen LogP contribution < -0.4 is 11.2 Å². The summed E-state index contributed by atoms with van der Waals surface area (Å²) in [7, 11) is 0. The van der Waals surface area contributed by atoms with E-state index in [9.17, 15) is 0 Å². The fraction of sp³-hybridized carbons (Fsp3) is 0.857. The maximum Gasteiger partial charge on any atom is 0.0992 e. The highest BCUT2D eigenvalue weighted by Gasteiger charge is 2.01. The first-order chi connectivity index (χ1) is 5.43. The zero-order valence-electron chi connectivity index (χ0n) is 6.79. The summed E-state index contributed by atoms with van der Waals surface area (Å²) < 4.78 is 0. The highest BCUT2D eigenvalue weighted by molar-refractivity contribution is 5.54. The molecular formula is C7H16N4. The summed E-state index contributed by atoms with van der Waals surface area (Å²) >= 11 is 0. The molecule has 0 bridgehead atoms. The topological polar surface area (TPSA) is 53.6 Å². The first-order valence-electron chi connectivity index (χ1n) is 4.13. The monoisotopic (exact) mass is 156 g/mol. The molecule has 0 spiro atoms. The lowest BCUT2D eigenvalue weighted by molar-refractivity contribution is 0.302. The Bertz CT molecular complexity index is 124. The molecule has 0 aliphatic carbocycles. The van der Waals surface area contributed by atoms with Gasteiger partial charge < -0.3 is 5.73 Å². The van der Waals surface area contributed by atoms with Gasteiger partial charge in [0, 0.05) is 19.6 Å². The molecule has 0 unspecified atom stereocenters. The molecule has 0 aromatic carbocycles. The Hall–Kier alpha value is -0.610. The van der Waals surface area contributed by atoms with Gasteiger partial charge in [-0.25, -0.2) is 5.43 Å². The van der Waals surface area contributed by atoms with Crippen LogP contribution in [0.15, 0.2) is 4.99 Å². The number of hydrogen-bond acceptors (Lipinski definition) is 4. The molecule has 0 radical (unpaired) electrons. The number of nitrogens with one attached hydrogen (secondary N) is 1. The van der Waals surface area contributed by atoms with Crippen molar-refractivity contribution in [3.8, 4) is 0 Å². The average molecular weight is 156 g/mol. The molecule has 64 valence electrons. The van der Waals surface area contributed by atoms with Crippen molar-refractivity contribution in [1.29, 1.82) is 0 Å². The number of rotatable bonds is 4. The van der Waals surface area contributed by atoms with Gasteiger partial charge in [0.05, 0.1) is 6.34 Å². The van der Waals surface area contributed by atoms with Crippen molar-refractivity contribution in [2.75, 3.05) is 26.2 Å². The quantitative estimate of drug-likeness (QED) is 0.543. The van der Waals surface area contributed by atoms with Crippen molar-refractivity contribution in [1.82, 2.24) is 10.4 Å². The van der Waals surface area contributed by atoms with Crippen LogP contribution in [0.25, 0.3) is 0 Å². The van der Waals surface area contributed by atoms with Gasteiger partial charge in [-0.1, -0.05) is 0 Å². The summed E-state index contributed by atoms with van der Waals surface area (Å²) in [4.78, 5) is 4.14. The van der Waals surface area contributed by atoms with E-state index >= 15 is 0 Å². The third-order valence-electron chi connectivity index (χ3n) is 1.60. The summed E-state index contributed by atoms with van der Waals surface area (Å²) in [5.74, 6) is 0. The Kier molecular flexibility index (Phi) is 3.93. The van der Waals surface area contributed by atoms with E-state index in [1.165, 1.54) is 0 Å². The van der Waals surface area contributed by atoms with Gasteiger partial charge >= 0.3 is 0 Å². The van der Waals surface area contributed by atoms with Crippen molar-refractivity contribution in [3.05, 3.63) is 0 Å². The van der Waals surface area contributed by atoms with Crippen LogP contribution in [0.2, 0.25) is 0 Å². The van der Waals surface area contributed by atoms with Crippen LogP contribution in [-0.2, 0) is 0 Å². The van der Waals surface area contributed by atoms with E-state index in [0.29, 0.717) is 0 Å². The molecule has 0 saturated carbocycles. The molecule has 0 aromatic rings. The number of hydrazine groups is 1. The zero-order chi connectivity index (χ0) is 7.94. The van der Waals surface area contributed by atoms with Crippen LogP contribution in [0.4, 0.5) is 0 Å². The van der Waals surface area contributed by atoms with E-state index in [0.717, 1.165) is 39.0 Å². The van der Waals surface area contributed by atoms with Crippen LogP contribution in [-0.4, -0.2) is 37.5 Å². The summed E-state index contributed by atoms with van der Waals surface area (Å²) in [6, 6.07) is 0. The number of hydrogen-bond donors (Lipinski definition) is 2. The fourth-order valence-electron chi connectivity index (χ4n) is 0.991. The van der Waals surface area contributed by atoms with Gasteiger partial charge in [-0.2, -0.15) is 0 Å². The van der Waals surface area contributed by atoms with Crippen molar-refractivity contribution in [3.63, 3.8) is 0 Å². The molecule has 4 heteroatoms. The first-order valence-corrected chi connectivity index (χ1v) is 4.13. The second-order valence-corrected chi connectivity index (χ2v) is 2.62. The minimum atomic E-state index is 0.748. The van der Waals surface area contributed by atoms with Gasteiger partial charge in [-0.15, -0.1) is 0 Å². The molecule has 1 aliphatic heterocycles. The molecule has 3 N–H and O–H groups in total. The third kappa shape index (κ3) is 3.34. The lowest BCUT2D eigenvalue weighted by Gasteiger charge is -2.22. The minimum absolute atomic E-state index is 0.748. The normalized spacial score (nSPS) is 17.4. The molecule has 0 atom stereocenters. The number of nitrogens with zero attached hydrogens (tertiary/aromatic N) is 2. The zero-order valence-corrected chi connectivity index (χ0v) is 6.79. The Morgan fingerprint density at radius 1 is 1.64 bits per heavy atom. The summed E-state index contributed by atoms with van der Waals surface area (Å²) in [6.07, 6.45) is 4.02. The molecule has 1 rings (SSSR count). The van der Waals surface area contributed by atoms with E-state index in [1.807, 2.05) is 11.3 Å². The molecule has 0 saturated heterocycles. The first kappa shape index (κ1) is 8.49. The molecule has 1 aliphatic rings. The van der Waals surface area contributed by atoms with Crippen molar-refractivity contribution in [2.24, 2.45) is 10.7 Å². The third-order valence-corrected chi connectivity index (χ3v) is 1.60. The lowest BCUT2D eigenvalue weighted by Crippen LogP contribution is -2.40. The molecule has 0 aromatic heterocycles. The van der Waals surface area contributed by atoms with Gasteiger partial charge in [0.25, 0.3) is 0 Å². The summed E-state index contributed by atoms with van der Waals surface area (Å²) in [6.45, 7) is 3.73. The van der Waals surface area contributed by atoms with Gasteiger partial charge in [0.1, 0.15) is 0 Å². The van der Waals surface area contributed by atoms with Crippen LogP contribution in [0.5, 0.6) is 0 Å². The highest BCUT2D eigenvalue weighted by atomic mass is 15.5.